The third-order valence-corrected chi connectivity index (χ3v) is 3.05. The second-order valence-electron chi connectivity index (χ2n) is 4.59. The van der Waals surface area contributed by atoms with Gasteiger partial charge < -0.3 is 19.7 Å². The van der Waals surface area contributed by atoms with Crippen molar-refractivity contribution in [1.29, 1.82) is 0 Å². The van der Waals surface area contributed by atoms with Crippen LogP contribution in [-0.4, -0.2) is 46.0 Å². The Labute approximate surface area is 109 Å². The van der Waals surface area contributed by atoms with Gasteiger partial charge in [0, 0.05) is 33.3 Å². The summed E-state index contributed by atoms with van der Waals surface area (Å²) in [6.07, 6.45) is 0.0686. The summed E-state index contributed by atoms with van der Waals surface area (Å²) in [5, 5.41) is 3.36. The molecule has 100 valence electrons. The summed E-state index contributed by atoms with van der Waals surface area (Å²) in [5.74, 6) is 0.948. The van der Waals surface area contributed by atoms with E-state index >= 15 is 0 Å². The van der Waals surface area contributed by atoms with Crippen LogP contribution in [0.25, 0.3) is 0 Å². The van der Waals surface area contributed by atoms with Crippen LogP contribution in [0.4, 0.5) is 5.69 Å². The van der Waals surface area contributed by atoms with Crippen molar-refractivity contribution in [3.8, 4) is 5.75 Å². The van der Waals surface area contributed by atoms with E-state index in [1.165, 1.54) is 5.69 Å². The van der Waals surface area contributed by atoms with E-state index in [-0.39, 0.29) is 6.10 Å². The Hall–Kier alpha value is -1.26. The topological polar surface area (TPSA) is 33.7 Å². The maximum atomic E-state index is 5.95. The van der Waals surface area contributed by atoms with E-state index in [0.717, 1.165) is 31.9 Å². The largest absolute Gasteiger partial charge is 0.486 e. The number of piperazine rings is 1. The van der Waals surface area contributed by atoms with Crippen molar-refractivity contribution in [2.75, 3.05) is 44.8 Å². The van der Waals surface area contributed by atoms with E-state index < -0.39 is 0 Å². The highest BCUT2D eigenvalue weighted by Gasteiger charge is 2.15. The van der Waals surface area contributed by atoms with E-state index in [9.17, 15) is 0 Å². The van der Waals surface area contributed by atoms with Crippen LogP contribution in [0.3, 0.4) is 0 Å². The molecule has 1 N–H and O–H groups in total. The minimum atomic E-state index is 0.0686. The van der Waals surface area contributed by atoms with Crippen molar-refractivity contribution in [3.63, 3.8) is 0 Å². The lowest BCUT2D eigenvalue weighted by Gasteiger charge is -2.31. The molecule has 0 saturated carbocycles. The third-order valence-electron chi connectivity index (χ3n) is 3.05. The van der Waals surface area contributed by atoms with Gasteiger partial charge in [0.1, 0.15) is 11.9 Å². The van der Waals surface area contributed by atoms with Crippen molar-refractivity contribution >= 4 is 5.69 Å². The molecule has 1 saturated heterocycles. The predicted octanol–water partition coefficient (Wildman–Crippen LogP) is 1.51. The second kappa shape index (κ2) is 6.61. The lowest BCUT2D eigenvalue weighted by Crippen LogP contribution is -2.43. The van der Waals surface area contributed by atoms with Gasteiger partial charge in [0.2, 0.25) is 0 Å². The Morgan fingerprint density at radius 3 is 2.72 bits per heavy atom. The molecule has 0 spiro atoms. The molecular weight excluding hydrogens is 228 g/mol. The van der Waals surface area contributed by atoms with Crippen molar-refractivity contribution in [3.05, 3.63) is 24.3 Å². The molecule has 18 heavy (non-hydrogen) atoms. The number of nitrogens with zero attached hydrogens (tertiary/aromatic N) is 1. The van der Waals surface area contributed by atoms with Crippen LogP contribution in [0.2, 0.25) is 0 Å². The lowest BCUT2D eigenvalue weighted by molar-refractivity contribution is 0.0923. The Morgan fingerprint density at radius 1 is 1.28 bits per heavy atom. The van der Waals surface area contributed by atoms with Crippen LogP contribution in [0, 0.1) is 0 Å². The number of rotatable bonds is 5. The first kappa shape index (κ1) is 13.2. The minimum Gasteiger partial charge on any atom is -0.486 e. The highest BCUT2D eigenvalue weighted by atomic mass is 16.5. The molecule has 0 aliphatic carbocycles. The fourth-order valence-corrected chi connectivity index (χ4v) is 2.21. The van der Waals surface area contributed by atoms with Crippen LogP contribution < -0.4 is 15.0 Å². The zero-order chi connectivity index (χ0) is 12.8. The quantitative estimate of drug-likeness (QED) is 0.859. The average Bonchev–Trinajstić information content (AvgIpc) is 2.40. The van der Waals surface area contributed by atoms with E-state index in [0.29, 0.717) is 6.61 Å². The first-order chi connectivity index (χ1) is 8.81. The SMILES string of the molecule is COCC(C)Oc1ccccc1N1CCNCC1. The molecule has 0 aromatic heterocycles. The molecule has 4 heteroatoms. The minimum absolute atomic E-state index is 0.0686. The fraction of sp³-hybridized carbons (Fsp3) is 0.571. The summed E-state index contributed by atoms with van der Waals surface area (Å²) in [6, 6.07) is 8.23. The van der Waals surface area contributed by atoms with Gasteiger partial charge in [-0.2, -0.15) is 0 Å². The van der Waals surface area contributed by atoms with Gasteiger partial charge in [-0.1, -0.05) is 12.1 Å². The standard InChI is InChI=1S/C14H22N2O2/c1-12(11-17-2)18-14-6-4-3-5-13(14)16-9-7-15-8-10-16/h3-6,12,15H,7-11H2,1-2H3. The summed E-state index contributed by atoms with van der Waals surface area (Å²) in [5.41, 5.74) is 1.18. The molecule has 1 heterocycles. The molecule has 1 aliphatic heterocycles. The molecule has 1 aromatic rings. The summed E-state index contributed by atoms with van der Waals surface area (Å²) >= 11 is 0. The molecule has 1 aliphatic rings. The van der Waals surface area contributed by atoms with Gasteiger partial charge in [0.15, 0.2) is 0 Å². The maximum absolute atomic E-state index is 5.95. The zero-order valence-corrected chi connectivity index (χ0v) is 11.2. The Kier molecular flexibility index (Phi) is 4.84. The van der Waals surface area contributed by atoms with E-state index in [1.54, 1.807) is 7.11 Å². The average molecular weight is 250 g/mol. The van der Waals surface area contributed by atoms with Crippen molar-refractivity contribution < 1.29 is 9.47 Å². The number of hydrogen-bond acceptors (Lipinski definition) is 4. The lowest BCUT2D eigenvalue weighted by atomic mass is 10.2. The molecular formula is C14H22N2O2. The highest BCUT2D eigenvalue weighted by Crippen LogP contribution is 2.29. The second-order valence-corrected chi connectivity index (χ2v) is 4.59. The fourth-order valence-electron chi connectivity index (χ4n) is 2.21. The number of nitrogens with one attached hydrogen (secondary N) is 1. The maximum Gasteiger partial charge on any atom is 0.143 e. The summed E-state index contributed by atoms with van der Waals surface area (Å²) < 4.78 is 11.1. The van der Waals surface area contributed by atoms with Crippen LogP contribution in [-0.2, 0) is 4.74 Å². The smallest absolute Gasteiger partial charge is 0.143 e. The van der Waals surface area contributed by atoms with Crippen molar-refractivity contribution in [2.45, 2.75) is 13.0 Å². The molecule has 4 nitrogen and oxygen atoms in total. The normalized spacial score (nSPS) is 17.6. The zero-order valence-electron chi connectivity index (χ0n) is 11.2. The molecule has 1 aromatic carbocycles. The Morgan fingerprint density at radius 2 is 2.00 bits per heavy atom. The number of ether oxygens (including phenoxy) is 2. The highest BCUT2D eigenvalue weighted by molar-refractivity contribution is 5.58. The van der Waals surface area contributed by atoms with Crippen molar-refractivity contribution in [2.24, 2.45) is 0 Å². The van der Waals surface area contributed by atoms with Gasteiger partial charge in [-0.05, 0) is 19.1 Å². The molecule has 1 fully saturated rings. The van der Waals surface area contributed by atoms with Crippen LogP contribution in [0.1, 0.15) is 6.92 Å². The molecule has 0 amide bonds. The van der Waals surface area contributed by atoms with Crippen LogP contribution in [0.15, 0.2) is 24.3 Å². The molecule has 2 rings (SSSR count). The van der Waals surface area contributed by atoms with E-state index in [1.807, 2.05) is 19.1 Å². The van der Waals surface area contributed by atoms with Gasteiger partial charge >= 0.3 is 0 Å². The summed E-state index contributed by atoms with van der Waals surface area (Å²) in [6.45, 7) is 6.75. The van der Waals surface area contributed by atoms with Gasteiger partial charge in [0.25, 0.3) is 0 Å². The summed E-state index contributed by atoms with van der Waals surface area (Å²) in [7, 11) is 1.70. The first-order valence-electron chi connectivity index (χ1n) is 6.51. The van der Waals surface area contributed by atoms with Crippen molar-refractivity contribution in [1.82, 2.24) is 5.32 Å². The molecule has 0 radical (unpaired) electrons. The van der Waals surface area contributed by atoms with Crippen LogP contribution >= 0.6 is 0 Å². The van der Waals surface area contributed by atoms with Gasteiger partial charge in [-0.25, -0.2) is 0 Å². The number of methoxy groups -OCH3 is 1. The predicted molar refractivity (Wildman–Crippen MR) is 73.5 cm³/mol. The van der Waals surface area contributed by atoms with Gasteiger partial charge in [-0.3, -0.25) is 0 Å². The molecule has 1 unspecified atom stereocenters. The first-order valence-corrected chi connectivity index (χ1v) is 6.51. The Balaban J connectivity index is 2.09. The number of anilines is 1. The Bertz CT molecular complexity index is 365. The number of benzene rings is 1. The van der Waals surface area contributed by atoms with E-state index in [2.05, 4.69) is 22.3 Å². The number of hydrogen-bond donors (Lipinski definition) is 1. The van der Waals surface area contributed by atoms with Gasteiger partial charge in [-0.15, -0.1) is 0 Å². The molecule has 0 bridgehead atoms. The van der Waals surface area contributed by atoms with Gasteiger partial charge in [0.05, 0.1) is 12.3 Å². The monoisotopic (exact) mass is 250 g/mol. The van der Waals surface area contributed by atoms with Crippen LogP contribution in [0.5, 0.6) is 5.75 Å². The summed E-state index contributed by atoms with van der Waals surface area (Å²) in [4.78, 5) is 2.37. The third kappa shape index (κ3) is 3.37. The number of para-hydroxylation sites is 2. The van der Waals surface area contributed by atoms with E-state index in [4.69, 9.17) is 9.47 Å². The molecule has 1 atom stereocenters.